The topological polar surface area (TPSA) is 30.0 Å². The van der Waals surface area contributed by atoms with Gasteiger partial charge >= 0.3 is 0 Å². The summed E-state index contributed by atoms with van der Waals surface area (Å²) in [5, 5.41) is 0. The number of thioether (sulfide) groups is 1. The van der Waals surface area contributed by atoms with Crippen LogP contribution in [0.15, 0.2) is 35.4 Å². The molecule has 3 heteroatoms. The smallest absolute Gasteiger partial charge is 0.164 e. The number of pyridine rings is 1. The van der Waals surface area contributed by atoms with Crippen molar-refractivity contribution in [3.8, 4) is 11.8 Å². The quantitative estimate of drug-likeness (QED) is 0.554. The Morgan fingerprint density at radius 1 is 1.28 bits per heavy atom. The van der Waals surface area contributed by atoms with Crippen molar-refractivity contribution in [2.24, 2.45) is 0 Å². The first-order valence-corrected chi connectivity index (χ1v) is 9.68. The predicted octanol–water partition coefficient (Wildman–Crippen LogP) is 5.16. The molecule has 0 fully saturated rings. The van der Waals surface area contributed by atoms with Gasteiger partial charge < -0.3 is 0 Å². The van der Waals surface area contributed by atoms with Gasteiger partial charge in [0.1, 0.15) is 5.69 Å². The summed E-state index contributed by atoms with van der Waals surface area (Å²) < 4.78 is 0. The lowest BCUT2D eigenvalue weighted by molar-refractivity contribution is 0.0988. The number of hydrogen-bond acceptors (Lipinski definition) is 3. The molecule has 1 aromatic carbocycles. The third-order valence-corrected chi connectivity index (χ3v) is 5.83. The molecule has 0 saturated carbocycles. The Morgan fingerprint density at radius 3 is 2.76 bits per heavy atom. The van der Waals surface area contributed by atoms with Crippen LogP contribution in [0.1, 0.15) is 66.4 Å². The maximum atomic E-state index is 11.7. The third-order valence-electron chi connectivity index (χ3n) is 4.77. The summed E-state index contributed by atoms with van der Waals surface area (Å²) in [5.74, 6) is 7.70. The third kappa shape index (κ3) is 3.80. The van der Waals surface area contributed by atoms with Crippen LogP contribution in [-0.4, -0.2) is 16.5 Å². The van der Waals surface area contributed by atoms with Crippen molar-refractivity contribution >= 4 is 17.5 Å². The fourth-order valence-electron chi connectivity index (χ4n) is 2.98. The number of carbonyl (C=O) groups excluding carboxylic acids is 1. The fourth-order valence-corrected chi connectivity index (χ4v) is 4.57. The molecule has 1 aliphatic rings. The second-order valence-corrected chi connectivity index (χ2v) is 8.24. The van der Waals surface area contributed by atoms with E-state index in [0.29, 0.717) is 17.7 Å². The van der Waals surface area contributed by atoms with Crippen molar-refractivity contribution in [1.29, 1.82) is 0 Å². The van der Waals surface area contributed by atoms with Crippen LogP contribution < -0.4 is 0 Å². The van der Waals surface area contributed by atoms with E-state index in [1.807, 2.05) is 30.8 Å². The number of ketones is 1. The summed E-state index contributed by atoms with van der Waals surface area (Å²) in [6.07, 6.45) is 3.30. The highest BCUT2D eigenvalue weighted by atomic mass is 32.2. The lowest BCUT2D eigenvalue weighted by Gasteiger charge is -2.32. The Hall–Kier alpha value is -2.05. The van der Waals surface area contributed by atoms with E-state index < -0.39 is 0 Å². The molecule has 0 saturated heterocycles. The molecule has 3 rings (SSSR count). The monoisotopic (exact) mass is 349 g/mol. The van der Waals surface area contributed by atoms with Gasteiger partial charge in [0.2, 0.25) is 0 Å². The van der Waals surface area contributed by atoms with Crippen LogP contribution in [-0.2, 0) is 5.41 Å². The molecule has 0 unspecified atom stereocenters. The lowest BCUT2D eigenvalue weighted by atomic mass is 9.80. The van der Waals surface area contributed by atoms with Gasteiger partial charge in [0, 0.05) is 28.6 Å². The number of rotatable bonds is 2. The van der Waals surface area contributed by atoms with Crippen LogP contribution in [0.2, 0.25) is 0 Å². The molecule has 2 nitrogen and oxygen atoms in total. The second-order valence-electron chi connectivity index (χ2n) is 7.10. The molecule has 2 heterocycles. The van der Waals surface area contributed by atoms with Gasteiger partial charge in [-0.05, 0) is 65.8 Å². The highest BCUT2D eigenvalue weighted by Crippen LogP contribution is 2.42. The molecule has 128 valence electrons. The summed E-state index contributed by atoms with van der Waals surface area (Å²) in [5.41, 5.74) is 5.20. The van der Waals surface area contributed by atoms with Gasteiger partial charge in [-0.15, -0.1) is 11.8 Å². The molecule has 0 radical (unpaired) electrons. The maximum Gasteiger partial charge on any atom is 0.164 e. The van der Waals surface area contributed by atoms with E-state index in [2.05, 4.69) is 49.7 Å². The Balaban J connectivity index is 1.92. The van der Waals surface area contributed by atoms with Crippen LogP contribution in [0.25, 0.3) is 0 Å². The van der Waals surface area contributed by atoms with E-state index in [4.69, 9.17) is 0 Å². The molecular formula is C22H23NOS. The molecule has 0 aliphatic carbocycles. The number of carbonyl (C=O) groups is 1. The first-order chi connectivity index (χ1) is 11.9. The van der Waals surface area contributed by atoms with Crippen LogP contribution in [0.5, 0.6) is 0 Å². The van der Waals surface area contributed by atoms with E-state index in [-0.39, 0.29) is 11.2 Å². The van der Waals surface area contributed by atoms with Crippen molar-refractivity contribution in [1.82, 2.24) is 4.98 Å². The molecule has 25 heavy (non-hydrogen) atoms. The van der Waals surface area contributed by atoms with E-state index >= 15 is 0 Å². The molecule has 0 spiro atoms. The molecule has 0 bridgehead atoms. The molecule has 2 aromatic rings. The molecular weight excluding hydrogens is 326 g/mol. The van der Waals surface area contributed by atoms with Crippen molar-refractivity contribution < 1.29 is 4.79 Å². The number of aryl methyl sites for hydroxylation is 1. The Morgan fingerprint density at radius 2 is 2.08 bits per heavy atom. The lowest BCUT2D eigenvalue weighted by Crippen LogP contribution is -2.23. The molecule has 0 N–H and O–H groups in total. The SMILES string of the molecule is CCC(=O)c1ccc(C#Cc2cc3c(cc2C)SCCC3(C)C)nc1. The van der Waals surface area contributed by atoms with Gasteiger partial charge in [-0.3, -0.25) is 4.79 Å². The Labute approximate surface area is 154 Å². The summed E-state index contributed by atoms with van der Waals surface area (Å²) in [6, 6.07) is 8.14. The van der Waals surface area contributed by atoms with Gasteiger partial charge in [-0.2, -0.15) is 0 Å². The first-order valence-electron chi connectivity index (χ1n) is 8.70. The highest BCUT2D eigenvalue weighted by Gasteiger charge is 2.28. The Bertz CT molecular complexity index is 869. The first kappa shape index (κ1) is 17.8. The average Bonchev–Trinajstić information content (AvgIpc) is 2.60. The number of aromatic nitrogens is 1. The van der Waals surface area contributed by atoms with Crippen molar-refractivity contribution in [2.45, 2.75) is 50.8 Å². The second kappa shape index (κ2) is 7.06. The minimum Gasteiger partial charge on any atom is -0.294 e. The number of benzene rings is 1. The van der Waals surface area contributed by atoms with Gasteiger partial charge in [-0.1, -0.05) is 26.7 Å². The zero-order valence-electron chi connectivity index (χ0n) is 15.3. The van der Waals surface area contributed by atoms with Crippen molar-refractivity contribution in [2.75, 3.05) is 5.75 Å². The van der Waals surface area contributed by atoms with E-state index in [1.54, 1.807) is 6.20 Å². The predicted molar refractivity (Wildman–Crippen MR) is 104 cm³/mol. The normalized spacial score (nSPS) is 15.0. The molecule has 1 aromatic heterocycles. The molecule has 0 amide bonds. The van der Waals surface area contributed by atoms with Crippen molar-refractivity contribution in [3.05, 3.63) is 58.4 Å². The molecule has 0 atom stereocenters. The number of Topliss-reactive ketones (excluding diaryl/α,β-unsaturated/α-hetero) is 1. The maximum absolute atomic E-state index is 11.7. The van der Waals surface area contributed by atoms with Gasteiger partial charge in [0.15, 0.2) is 5.78 Å². The van der Waals surface area contributed by atoms with Gasteiger partial charge in [0.05, 0.1) is 0 Å². The number of fused-ring (bicyclic) bond motifs is 1. The minimum absolute atomic E-state index is 0.109. The average molecular weight is 349 g/mol. The standard InChI is InChI=1S/C22H23NOS/c1-5-20(24)17-7-9-18(23-14-17)8-6-16-13-19-21(12-15(16)2)25-11-10-22(19,3)4/h7,9,12-14H,5,10-11H2,1-4H3. The molecule has 1 aliphatic heterocycles. The van der Waals surface area contributed by atoms with E-state index in [1.165, 1.54) is 28.2 Å². The van der Waals surface area contributed by atoms with E-state index in [0.717, 1.165) is 5.56 Å². The van der Waals surface area contributed by atoms with Crippen LogP contribution in [0.4, 0.5) is 0 Å². The highest BCUT2D eigenvalue weighted by molar-refractivity contribution is 7.99. The van der Waals surface area contributed by atoms with Gasteiger partial charge in [0.25, 0.3) is 0 Å². The summed E-state index contributed by atoms with van der Waals surface area (Å²) in [7, 11) is 0. The zero-order chi connectivity index (χ0) is 18.0. The van der Waals surface area contributed by atoms with Crippen LogP contribution >= 0.6 is 11.8 Å². The summed E-state index contributed by atoms with van der Waals surface area (Å²) in [4.78, 5) is 17.4. The van der Waals surface area contributed by atoms with E-state index in [9.17, 15) is 4.79 Å². The van der Waals surface area contributed by atoms with Crippen LogP contribution in [0, 0.1) is 18.8 Å². The summed E-state index contributed by atoms with van der Waals surface area (Å²) in [6.45, 7) is 8.59. The van der Waals surface area contributed by atoms with Gasteiger partial charge in [-0.25, -0.2) is 4.98 Å². The fraction of sp³-hybridized carbons (Fsp3) is 0.364. The zero-order valence-corrected chi connectivity index (χ0v) is 16.1. The Kier molecular flexibility index (Phi) is 5.01. The van der Waals surface area contributed by atoms with Crippen LogP contribution in [0.3, 0.4) is 0 Å². The van der Waals surface area contributed by atoms with Crippen molar-refractivity contribution in [3.63, 3.8) is 0 Å². The minimum atomic E-state index is 0.109. The number of nitrogens with zero attached hydrogens (tertiary/aromatic N) is 1. The summed E-state index contributed by atoms with van der Waals surface area (Å²) >= 11 is 1.94. The largest absolute Gasteiger partial charge is 0.294 e. The number of hydrogen-bond donors (Lipinski definition) is 0.